The van der Waals surface area contributed by atoms with Crippen LogP contribution in [0.1, 0.15) is 6.92 Å². The highest BCUT2D eigenvalue weighted by Crippen LogP contribution is 2.27. The molecule has 112 valence electrons. The Balaban J connectivity index is 0.00000200. The highest BCUT2D eigenvalue weighted by molar-refractivity contribution is 9.10. The Morgan fingerprint density at radius 3 is 3.00 bits per heavy atom. The second-order valence-electron chi connectivity index (χ2n) is 4.50. The second kappa shape index (κ2) is 8.08. The lowest BCUT2D eigenvalue weighted by Gasteiger charge is -2.33. The summed E-state index contributed by atoms with van der Waals surface area (Å²) in [5.74, 6) is 0.522. The van der Waals surface area contributed by atoms with Crippen molar-refractivity contribution in [1.29, 1.82) is 0 Å². The van der Waals surface area contributed by atoms with E-state index in [2.05, 4.69) is 21.2 Å². The van der Waals surface area contributed by atoms with E-state index in [1.165, 1.54) is 0 Å². The van der Waals surface area contributed by atoms with Crippen molar-refractivity contribution in [3.63, 3.8) is 0 Å². The molecule has 20 heavy (non-hydrogen) atoms. The molecule has 1 N–H and O–H groups in total. The quantitative estimate of drug-likeness (QED) is 0.872. The Bertz CT molecular complexity index is 474. The van der Waals surface area contributed by atoms with Crippen LogP contribution in [0.15, 0.2) is 22.7 Å². The fraction of sp³-hybridized carbons (Fsp3) is 0.462. The molecule has 7 heteroatoms. The van der Waals surface area contributed by atoms with Crippen LogP contribution in [0, 0.1) is 0 Å². The first-order valence-corrected chi connectivity index (χ1v) is 7.33. The lowest BCUT2D eigenvalue weighted by atomic mass is 10.2. The van der Waals surface area contributed by atoms with Crippen molar-refractivity contribution >= 4 is 45.8 Å². The van der Waals surface area contributed by atoms with E-state index in [1.54, 1.807) is 12.1 Å². The molecule has 0 bridgehead atoms. The molecule has 0 saturated carbocycles. The van der Waals surface area contributed by atoms with Crippen molar-refractivity contribution in [3.05, 3.63) is 27.7 Å². The van der Waals surface area contributed by atoms with Crippen LogP contribution >= 0.6 is 39.9 Å². The number of amides is 1. The van der Waals surface area contributed by atoms with Gasteiger partial charge in [0.1, 0.15) is 5.75 Å². The van der Waals surface area contributed by atoms with Gasteiger partial charge in [0.2, 0.25) is 0 Å². The number of rotatable bonds is 3. The van der Waals surface area contributed by atoms with Crippen LogP contribution in [0.4, 0.5) is 0 Å². The first kappa shape index (κ1) is 17.6. The van der Waals surface area contributed by atoms with Crippen LogP contribution in [0.25, 0.3) is 0 Å². The summed E-state index contributed by atoms with van der Waals surface area (Å²) < 4.78 is 6.37. The minimum atomic E-state index is -0.00649. The number of ether oxygens (including phenoxy) is 1. The van der Waals surface area contributed by atoms with Gasteiger partial charge in [-0.05, 0) is 25.1 Å². The summed E-state index contributed by atoms with van der Waals surface area (Å²) in [6.07, 6.45) is 0. The number of carbonyl (C=O) groups is 1. The third-order valence-electron chi connectivity index (χ3n) is 3.07. The molecule has 1 aromatic rings. The molecule has 1 aliphatic rings. The summed E-state index contributed by atoms with van der Waals surface area (Å²) in [7, 11) is 0. The summed E-state index contributed by atoms with van der Waals surface area (Å²) in [6, 6.07) is 5.53. The fourth-order valence-corrected chi connectivity index (χ4v) is 2.75. The Hall–Kier alpha value is -0.490. The molecule has 1 unspecified atom stereocenters. The van der Waals surface area contributed by atoms with Crippen molar-refractivity contribution < 1.29 is 9.53 Å². The van der Waals surface area contributed by atoms with Gasteiger partial charge < -0.3 is 15.0 Å². The SMILES string of the molecule is CC1CNCCN1C(=O)COc1ccc(Br)cc1Cl.Cl. The molecule has 1 aromatic carbocycles. The Morgan fingerprint density at radius 1 is 1.60 bits per heavy atom. The normalized spacial score (nSPS) is 18.4. The summed E-state index contributed by atoms with van der Waals surface area (Å²) in [5, 5.41) is 3.74. The molecule has 1 fully saturated rings. The monoisotopic (exact) mass is 382 g/mol. The van der Waals surface area contributed by atoms with E-state index in [0.717, 1.165) is 24.1 Å². The second-order valence-corrected chi connectivity index (χ2v) is 5.83. The molecule has 1 heterocycles. The Labute approximate surface area is 138 Å². The van der Waals surface area contributed by atoms with Gasteiger partial charge in [0, 0.05) is 30.1 Å². The van der Waals surface area contributed by atoms with Gasteiger partial charge in [0.25, 0.3) is 5.91 Å². The smallest absolute Gasteiger partial charge is 0.260 e. The molecular weight excluding hydrogens is 367 g/mol. The summed E-state index contributed by atoms with van der Waals surface area (Å²) in [4.78, 5) is 13.9. The fourth-order valence-electron chi connectivity index (χ4n) is 2.03. The third-order valence-corrected chi connectivity index (χ3v) is 3.86. The van der Waals surface area contributed by atoms with Crippen molar-refractivity contribution in [3.8, 4) is 5.75 Å². The number of halogens is 3. The van der Waals surface area contributed by atoms with Gasteiger partial charge in [-0.15, -0.1) is 12.4 Å². The van der Waals surface area contributed by atoms with Gasteiger partial charge >= 0.3 is 0 Å². The van der Waals surface area contributed by atoms with Gasteiger partial charge in [-0.2, -0.15) is 0 Å². The van der Waals surface area contributed by atoms with Crippen LogP contribution in [-0.2, 0) is 4.79 Å². The van der Waals surface area contributed by atoms with E-state index in [1.807, 2.05) is 17.9 Å². The van der Waals surface area contributed by atoms with Crippen molar-refractivity contribution in [2.45, 2.75) is 13.0 Å². The average Bonchev–Trinajstić information content (AvgIpc) is 2.38. The molecule has 0 spiro atoms. The number of nitrogens with zero attached hydrogens (tertiary/aromatic N) is 1. The van der Waals surface area contributed by atoms with Crippen molar-refractivity contribution in [1.82, 2.24) is 10.2 Å². The Morgan fingerprint density at radius 2 is 2.35 bits per heavy atom. The summed E-state index contributed by atoms with van der Waals surface area (Å²) in [6.45, 7) is 4.42. The number of nitrogens with one attached hydrogen (secondary N) is 1. The third kappa shape index (κ3) is 4.52. The first-order chi connectivity index (χ1) is 9.08. The summed E-state index contributed by atoms with van der Waals surface area (Å²) in [5.41, 5.74) is 0. The standard InChI is InChI=1S/C13H16BrClN2O2.ClH/c1-9-7-16-4-5-17(9)13(18)8-19-12-3-2-10(14)6-11(12)15;/h2-3,6,9,16H,4-5,7-8H2,1H3;1H. The van der Waals surface area contributed by atoms with Crippen LogP contribution in [0.3, 0.4) is 0 Å². The highest BCUT2D eigenvalue weighted by Gasteiger charge is 2.23. The van der Waals surface area contributed by atoms with E-state index in [0.29, 0.717) is 10.8 Å². The number of hydrogen-bond donors (Lipinski definition) is 1. The van der Waals surface area contributed by atoms with Gasteiger partial charge in [-0.25, -0.2) is 0 Å². The largest absolute Gasteiger partial charge is 0.482 e. The zero-order valence-corrected chi connectivity index (χ0v) is 14.2. The predicted octanol–water partition coefficient (Wildman–Crippen LogP) is 2.72. The minimum Gasteiger partial charge on any atom is -0.482 e. The number of piperazine rings is 1. The predicted molar refractivity (Wildman–Crippen MR) is 85.9 cm³/mol. The van der Waals surface area contributed by atoms with Crippen LogP contribution < -0.4 is 10.1 Å². The van der Waals surface area contributed by atoms with E-state index in [4.69, 9.17) is 16.3 Å². The van der Waals surface area contributed by atoms with Gasteiger partial charge in [-0.3, -0.25) is 4.79 Å². The van der Waals surface area contributed by atoms with E-state index >= 15 is 0 Å². The first-order valence-electron chi connectivity index (χ1n) is 6.16. The van der Waals surface area contributed by atoms with Crippen LogP contribution in [0.2, 0.25) is 5.02 Å². The van der Waals surface area contributed by atoms with Crippen molar-refractivity contribution in [2.24, 2.45) is 0 Å². The maximum Gasteiger partial charge on any atom is 0.260 e. The van der Waals surface area contributed by atoms with Gasteiger partial charge in [0.15, 0.2) is 6.61 Å². The maximum atomic E-state index is 12.1. The highest BCUT2D eigenvalue weighted by atomic mass is 79.9. The molecule has 1 amide bonds. The molecule has 2 rings (SSSR count). The van der Waals surface area contributed by atoms with E-state index in [9.17, 15) is 4.79 Å². The van der Waals surface area contributed by atoms with Crippen molar-refractivity contribution in [2.75, 3.05) is 26.2 Å². The topological polar surface area (TPSA) is 41.6 Å². The molecule has 0 aliphatic carbocycles. The molecule has 4 nitrogen and oxygen atoms in total. The molecule has 0 radical (unpaired) electrons. The average molecular weight is 384 g/mol. The summed E-state index contributed by atoms with van der Waals surface area (Å²) >= 11 is 9.36. The molecule has 0 aromatic heterocycles. The molecule has 1 atom stereocenters. The minimum absolute atomic E-state index is 0. The lowest BCUT2D eigenvalue weighted by molar-refractivity contribution is -0.136. The molecule has 1 saturated heterocycles. The van der Waals surface area contributed by atoms with Crippen LogP contribution in [0.5, 0.6) is 5.75 Å². The Kier molecular flexibility index (Phi) is 7.09. The van der Waals surface area contributed by atoms with E-state index < -0.39 is 0 Å². The number of carbonyl (C=O) groups excluding carboxylic acids is 1. The van der Waals surface area contributed by atoms with E-state index in [-0.39, 0.29) is 31.0 Å². The van der Waals surface area contributed by atoms with Gasteiger partial charge in [0.05, 0.1) is 5.02 Å². The van der Waals surface area contributed by atoms with Crippen LogP contribution in [-0.4, -0.2) is 43.1 Å². The number of benzene rings is 1. The lowest BCUT2D eigenvalue weighted by Crippen LogP contribution is -2.53. The zero-order valence-electron chi connectivity index (χ0n) is 11.1. The zero-order chi connectivity index (χ0) is 13.8. The maximum absolute atomic E-state index is 12.1. The van der Waals surface area contributed by atoms with Gasteiger partial charge in [-0.1, -0.05) is 27.5 Å². The number of hydrogen-bond acceptors (Lipinski definition) is 3. The molecule has 1 aliphatic heterocycles. The molecular formula is C13H17BrCl2N2O2.